The fourth-order valence-corrected chi connectivity index (χ4v) is 1.98. The van der Waals surface area contributed by atoms with Crippen LogP contribution < -0.4 is 10.7 Å². The van der Waals surface area contributed by atoms with Gasteiger partial charge >= 0.3 is 0 Å². The van der Waals surface area contributed by atoms with Crippen molar-refractivity contribution >= 4 is 44.6 Å². The van der Waals surface area contributed by atoms with E-state index >= 15 is 0 Å². The lowest BCUT2D eigenvalue weighted by Crippen LogP contribution is -2.29. The number of nitrogens with one attached hydrogen (secondary N) is 2. The lowest BCUT2D eigenvalue weighted by Gasteiger charge is -2.07. The number of para-hydroxylation sites is 1. The number of oxime groups is 1. The van der Waals surface area contributed by atoms with Crippen molar-refractivity contribution in [3.63, 3.8) is 0 Å². The molecular formula is C16H15BrN4O2. The maximum absolute atomic E-state index is 12.1. The van der Waals surface area contributed by atoms with Crippen molar-refractivity contribution in [1.29, 1.82) is 0 Å². The van der Waals surface area contributed by atoms with E-state index in [9.17, 15) is 4.79 Å². The summed E-state index contributed by atoms with van der Waals surface area (Å²) in [5, 5.41) is 18.8. The molecule has 2 rings (SSSR count). The van der Waals surface area contributed by atoms with Crippen LogP contribution in [-0.4, -0.2) is 22.5 Å². The van der Waals surface area contributed by atoms with Crippen molar-refractivity contribution < 1.29 is 10.0 Å². The van der Waals surface area contributed by atoms with Gasteiger partial charge in [0.05, 0.1) is 11.4 Å². The Morgan fingerprint density at radius 3 is 2.30 bits per heavy atom. The molecule has 0 aliphatic carbocycles. The van der Waals surface area contributed by atoms with Gasteiger partial charge in [0.1, 0.15) is 0 Å². The molecule has 2 aromatic rings. The van der Waals surface area contributed by atoms with E-state index in [1.807, 2.05) is 30.3 Å². The number of halogens is 1. The van der Waals surface area contributed by atoms with Crippen molar-refractivity contribution in [2.24, 2.45) is 10.3 Å². The zero-order valence-corrected chi connectivity index (χ0v) is 13.9. The van der Waals surface area contributed by atoms with E-state index in [1.165, 1.54) is 0 Å². The van der Waals surface area contributed by atoms with E-state index in [-0.39, 0.29) is 11.4 Å². The summed E-state index contributed by atoms with van der Waals surface area (Å²) < 4.78 is 0.948. The first kappa shape index (κ1) is 16.7. The van der Waals surface area contributed by atoms with Crippen LogP contribution in [0.4, 0.5) is 11.4 Å². The van der Waals surface area contributed by atoms with Crippen LogP contribution in [-0.2, 0) is 4.79 Å². The second-order valence-electron chi connectivity index (χ2n) is 4.58. The SMILES string of the molecule is CC(=N\Nc1ccc(Br)cc1)/C(=N\O)C(=O)Nc1ccccc1. The topological polar surface area (TPSA) is 86.1 Å². The van der Waals surface area contributed by atoms with E-state index in [0.29, 0.717) is 5.69 Å². The highest BCUT2D eigenvalue weighted by molar-refractivity contribution is 9.10. The Labute approximate surface area is 142 Å². The van der Waals surface area contributed by atoms with Crippen LogP contribution in [0.15, 0.2) is 69.3 Å². The minimum atomic E-state index is -0.544. The molecule has 6 nitrogen and oxygen atoms in total. The molecule has 7 heteroatoms. The summed E-state index contributed by atoms with van der Waals surface area (Å²) in [4.78, 5) is 12.1. The highest BCUT2D eigenvalue weighted by Crippen LogP contribution is 2.14. The summed E-state index contributed by atoms with van der Waals surface area (Å²) in [5.41, 5.74) is 4.23. The first-order valence-electron chi connectivity index (χ1n) is 6.75. The Morgan fingerprint density at radius 2 is 1.70 bits per heavy atom. The Morgan fingerprint density at radius 1 is 1.04 bits per heavy atom. The molecule has 0 fully saturated rings. The van der Waals surface area contributed by atoms with Crippen molar-refractivity contribution in [1.82, 2.24) is 0 Å². The molecular weight excluding hydrogens is 360 g/mol. The standard InChI is InChI=1S/C16H15BrN4O2/c1-11(19-20-14-9-7-12(17)8-10-14)15(21-23)16(22)18-13-5-3-2-4-6-13/h2-10,20,23H,1H3,(H,18,22)/b19-11+,21-15+. The first-order chi connectivity index (χ1) is 11.1. The smallest absolute Gasteiger partial charge is 0.279 e. The van der Waals surface area contributed by atoms with Crippen molar-refractivity contribution in [2.45, 2.75) is 6.92 Å². The largest absolute Gasteiger partial charge is 0.410 e. The molecule has 0 spiro atoms. The highest BCUT2D eigenvalue weighted by atomic mass is 79.9. The number of nitrogens with zero attached hydrogens (tertiary/aromatic N) is 2. The summed E-state index contributed by atoms with van der Waals surface area (Å²) in [6, 6.07) is 16.3. The number of rotatable bonds is 5. The van der Waals surface area contributed by atoms with Crippen LogP contribution in [0.2, 0.25) is 0 Å². The van der Waals surface area contributed by atoms with Gasteiger partial charge in [0, 0.05) is 10.2 Å². The molecule has 0 aliphatic heterocycles. The maximum Gasteiger partial charge on any atom is 0.279 e. The molecule has 0 saturated heterocycles. The Hall–Kier alpha value is -2.67. The van der Waals surface area contributed by atoms with E-state index in [0.717, 1.165) is 10.2 Å². The van der Waals surface area contributed by atoms with E-state index in [2.05, 4.69) is 36.9 Å². The van der Waals surface area contributed by atoms with Gasteiger partial charge in [-0.25, -0.2) is 0 Å². The minimum Gasteiger partial charge on any atom is -0.410 e. The summed E-state index contributed by atoms with van der Waals surface area (Å²) in [5.74, 6) is -0.544. The van der Waals surface area contributed by atoms with E-state index in [1.54, 1.807) is 31.2 Å². The third-order valence-corrected chi connectivity index (χ3v) is 3.42. The summed E-state index contributed by atoms with van der Waals surface area (Å²) >= 11 is 3.34. The van der Waals surface area contributed by atoms with Crippen LogP contribution >= 0.6 is 15.9 Å². The van der Waals surface area contributed by atoms with Gasteiger partial charge in [0.2, 0.25) is 0 Å². The normalized spacial score (nSPS) is 11.9. The summed E-state index contributed by atoms with van der Waals surface area (Å²) in [6.07, 6.45) is 0. The average molecular weight is 375 g/mol. The molecule has 118 valence electrons. The van der Waals surface area contributed by atoms with Gasteiger partial charge in [-0.05, 0) is 43.3 Å². The number of carbonyl (C=O) groups excluding carboxylic acids is 1. The van der Waals surface area contributed by atoms with Gasteiger partial charge in [0.15, 0.2) is 5.71 Å². The molecule has 0 heterocycles. The highest BCUT2D eigenvalue weighted by Gasteiger charge is 2.16. The molecule has 0 atom stereocenters. The van der Waals surface area contributed by atoms with Gasteiger partial charge in [-0.1, -0.05) is 39.3 Å². The molecule has 0 aromatic heterocycles. The predicted molar refractivity (Wildman–Crippen MR) is 95.2 cm³/mol. The average Bonchev–Trinajstić information content (AvgIpc) is 2.56. The van der Waals surface area contributed by atoms with Crippen LogP contribution in [0.25, 0.3) is 0 Å². The van der Waals surface area contributed by atoms with Gasteiger partial charge < -0.3 is 10.5 Å². The number of amides is 1. The fourth-order valence-electron chi connectivity index (χ4n) is 1.72. The number of carbonyl (C=O) groups is 1. The zero-order valence-electron chi connectivity index (χ0n) is 12.3. The molecule has 23 heavy (non-hydrogen) atoms. The fraction of sp³-hybridized carbons (Fsp3) is 0.0625. The number of hydrogen-bond donors (Lipinski definition) is 3. The van der Waals surface area contributed by atoms with Crippen LogP contribution in [0.5, 0.6) is 0 Å². The molecule has 0 aliphatic rings. The molecule has 1 amide bonds. The van der Waals surface area contributed by atoms with Crippen molar-refractivity contribution in [3.8, 4) is 0 Å². The summed E-state index contributed by atoms with van der Waals surface area (Å²) in [6.45, 7) is 1.57. The third kappa shape index (κ3) is 4.93. The lowest BCUT2D eigenvalue weighted by atomic mass is 10.2. The van der Waals surface area contributed by atoms with Gasteiger partial charge in [-0.3, -0.25) is 10.2 Å². The maximum atomic E-state index is 12.1. The molecule has 0 unspecified atom stereocenters. The Kier molecular flexibility index (Phi) is 5.87. The lowest BCUT2D eigenvalue weighted by molar-refractivity contribution is -0.110. The van der Waals surface area contributed by atoms with Crippen molar-refractivity contribution in [3.05, 3.63) is 59.1 Å². The molecule has 3 N–H and O–H groups in total. The zero-order chi connectivity index (χ0) is 16.7. The Balaban J connectivity index is 2.05. The Bertz CT molecular complexity index is 728. The number of hydrogen-bond acceptors (Lipinski definition) is 5. The van der Waals surface area contributed by atoms with E-state index in [4.69, 9.17) is 5.21 Å². The third-order valence-electron chi connectivity index (χ3n) is 2.89. The number of hydrazone groups is 1. The van der Waals surface area contributed by atoms with Crippen LogP contribution in [0.3, 0.4) is 0 Å². The van der Waals surface area contributed by atoms with Crippen LogP contribution in [0, 0.1) is 0 Å². The first-order valence-corrected chi connectivity index (χ1v) is 7.54. The molecule has 0 radical (unpaired) electrons. The molecule has 0 saturated carbocycles. The second-order valence-corrected chi connectivity index (χ2v) is 5.50. The second kappa shape index (κ2) is 8.09. The predicted octanol–water partition coefficient (Wildman–Crippen LogP) is 3.71. The van der Waals surface area contributed by atoms with Gasteiger partial charge in [-0.15, -0.1) is 0 Å². The quantitative estimate of drug-likeness (QED) is 0.423. The monoisotopic (exact) mass is 374 g/mol. The van der Waals surface area contributed by atoms with Crippen LogP contribution in [0.1, 0.15) is 6.92 Å². The number of anilines is 2. The number of benzene rings is 2. The van der Waals surface area contributed by atoms with Gasteiger partial charge in [-0.2, -0.15) is 5.10 Å². The van der Waals surface area contributed by atoms with E-state index < -0.39 is 5.91 Å². The molecule has 2 aromatic carbocycles. The van der Waals surface area contributed by atoms with Gasteiger partial charge in [0.25, 0.3) is 5.91 Å². The minimum absolute atomic E-state index is 0.168. The molecule has 0 bridgehead atoms. The van der Waals surface area contributed by atoms with Crippen molar-refractivity contribution in [2.75, 3.05) is 10.7 Å². The summed E-state index contributed by atoms with van der Waals surface area (Å²) in [7, 11) is 0.